The van der Waals surface area contributed by atoms with E-state index in [4.69, 9.17) is 0 Å². The van der Waals surface area contributed by atoms with Crippen molar-refractivity contribution in [2.24, 2.45) is 5.92 Å². The molecule has 1 aliphatic heterocycles. The monoisotopic (exact) mass is 294 g/mol. The Kier molecular flexibility index (Phi) is 3.11. The zero-order valence-electron chi connectivity index (χ0n) is 9.56. The van der Waals surface area contributed by atoms with Crippen molar-refractivity contribution in [2.45, 2.75) is 19.3 Å². The molecule has 0 amide bonds. The summed E-state index contributed by atoms with van der Waals surface area (Å²) in [5.41, 5.74) is 0.920. The van der Waals surface area contributed by atoms with Gasteiger partial charge in [-0.05, 0) is 59.9 Å². The Morgan fingerprint density at radius 1 is 1.35 bits per heavy atom. The molecular formula is C12H15BrN4. The van der Waals surface area contributed by atoms with Crippen molar-refractivity contribution in [3.63, 3.8) is 0 Å². The molecule has 0 saturated carbocycles. The van der Waals surface area contributed by atoms with E-state index in [0.717, 1.165) is 41.5 Å². The number of hydrogen-bond acceptors (Lipinski definition) is 3. The van der Waals surface area contributed by atoms with Gasteiger partial charge in [0.05, 0.1) is 0 Å². The number of aromatic nitrogens is 3. The minimum Gasteiger partial charge on any atom is -0.317 e. The molecule has 4 nitrogen and oxygen atoms in total. The highest BCUT2D eigenvalue weighted by Gasteiger charge is 2.16. The summed E-state index contributed by atoms with van der Waals surface area (Å²) >= 11 is 3.49. The lowest BCUT2D eigenvalue weighted by molar-refractivity contribution is 0.367. The van der Waals surface area contributed by atoms with Crippen molar-refractivity contribution in [2.75, 3.05) is 13.1 Å². The Hall–Kier alpha value is -0.940. The van der Waals surface area contributed by atoms with Crippen molar-refractivity contribution in [1.29, 1.82) is 0 Å². The highest BCUT2D eigenvalue weighted by Crippen LogP contribution is 2.18. The van der Waals surface area contributed by atoms with Crippen LogP contribution in [0.2, 0.25) is 0 Å². The molecule has 90 valence electrons. The number of rotatable bonds is 2. The maximum absolute atomic E-state index is 4.57. The normalized spacial score (nSPS) is 17.7. The Labute approximate surface area is 109 Å². The number of fused-ring (bicyclic) bond motifs is 1. The summed E-state index contributed by atoms with van der Waals surface area (Å²) in [7, 11) is 0. The van der Waals surface area contributed by atoms with Crippen LogP contribution in [0.15, 0.2) is 22.8 Å². The van der Waals surface area contributed by atoms with Gasteiger partial charge in [-0.3, -0.25) is 0 Å². The summed E-state index contributed by atoms with van der Waals surface area (Å²) in [6.45, 7) is 2.25. The first kappa shape index (κ1) is 11.2. The third-order valence-electron chi connectivity index (χ3n) is 3.29. The van der Waals surface area contributed by atoms with Crippen LogP contribution in [-0.2, 0) is 6.42 Å². The Morgan fingerprint density at radius 2 is 2.18 bits per heavy atom. The molecule has 1 N–H and O–H groups in total. The molecular weight excluding hydrogens is 280 g/mol. The van der Waals surface area contributed by atoms with Gasteiger partial charge < -0.3 is 5.32 Å². The van der Waals surface area contributed by atoms with Gasteiger partial charge >= 0.3 is 0 Å². The summed E-state index contributed by atoms with van der Waals surface area (Å²) in [5.74, 6) is 1.69. The molecule has 0 atom stereocenters. The van der Waals surface area contributed by atoms with E-state index < -0.39 is 0 Å². The molecule has 1 aliphatic rings. The van der Waals surface area contributed by atoms with E-state index in [2.05, 4.69) is 31.3 Å². The van der Waals surface area contributed by atoms with Gasteiger partial charge in [0.2, 0.25) is 0 Å². The van der Waals surface area contributed by atoms with E-state index in [1.54, 1.807) is 0 Å². The fourth-order valence-corrected chi connectivity index (χ4v) is 2.76. The van der Waals surface area contributed by atoms with Crippen LogP contribution >= 0.6 is 15.9 Å². The second-order valence-electron chi connectivity index (χ2n) is 4.54. The molecule has 3 rings (SSSR count). The van der Waals surface area contributed by atoms with Crippen molar-refractivity contribution in [3.05, 3.63) is 28.6 Å². The number of nitrogens with zero attached hydrogens (tertiary/aromatic N) is 3. The summed E-state index contributed by atoms with van der Waals surface area (Å²) in [4.78, 5) is 4.57. The van der Waals surface area contributed by atoms with Gasteiger partial charge in [0, 0.05) is 6.42 Å². The lowest BCUT2D eigenvalue weighted by atomic mass is 9.94. The molecule has 2 aromatic heterocycles. The van der Waals surface area contributed by atoms with Crippen LogP contribution in [0.1, 0.15) is 18.7 Å². The summed E-state index contributed by atoms with van der Waals surface area (Å²) in [6.07, 6.45) is 3.46. The molecule has 0 aromatic carbocycles. The van der Waals surface area contributed by atoms with Crippen LogP contribution in [-0.4, -0.2) is 27.7 Å². The molecule has 2 aromatic rings. The van der Waals surface area contributed by atoms with Gasteiger partial charge in [0.15, 0.2) is 11.5 Å². The van der Waals surface area contributed by atoms with Gasteiger partial charge in [-0.1, -0.05) is 6.07 Å². The third-order valence-corrected chi connectivity index (χ3v) is 3.89. The van der Waals surface area contributed by atoms with Crippen molar-refractivity contribution >= 4 is 21.6 Å². The van der Waals surface area contributed by atoms with E-state index in [9.17, 15) is 0 Å². The van der Waals surface area contributed by atoms with Gasteiger partial charge in [-0.2, -0.15) is 5.10 Å². The number of piperidine rings is 1. The minimum absolute atomic E-state index is 0.729. The van der Waals surface area contributed by atoms with E-state index in [1.165, 1.54) is 12.8 Å². The lowest BCUT2D eigenvalue weighted by Gasteiger charge is -2.20. The molecule has 3 heterocycles. The van der Waals surface area contributed by atoms with Crippen LogP contribution in [0, 0.1) is 5.92 Å². The average molecular weight is 295 g/mol. The second kappa shape index (κ2) is 4.74. The molecule has 0 radical (unpaired) electrons. The smallest absolute Gasteiger partial charge is 0.156 e. The lowest BCUT2D eigenvalue weighted by Crippen LogP contribution is -2.28. The van der Waals surface area contributed by atoms with E-state index in [1.807, 2.05) is 22.7 Å². The fourth-order valence-electron chi connectivity index (χ4n) is 2.35. The summed E-state index contributed by atoms with van der Waals surface area (Å²) in [6, 6.07) is 5.96. The van der Waals surface area contributed by atoms with Crippen LogP contribution in [0.25, 0.3) is 5.65 Å². The average Bonchev–Trinajstić information content (AvgIpc) is 2.74. The number of hydrogen-bond donors (Lipinski definition) is 1. The highest BCUT2D eigenvalue weighted by molar-refractivity contribution is 9.10. The Balaban J connectivity index is 1.83. The third kappa shape index (κ3) is 2.35. The molecule has 0 aliphatic carbocycles. The largest absolute Gasteiger partial charge is 0.317 e. The van der Waals surface area contributed by atoms with Crippen molar-refractivity contribution in [1.82, 2.24) is 19.9 Å². The van der Waals surface area contributed by atoms with E-state index in [0.29, 0.717) is 0 Å². The number of halogens is 1. The van der Waals surface area contributed by atoms with Crippen LogP contribution in [0.4, 0.5) is 0 Å². The quantitative estimate of drug-likeness (QED) is 0.862. The van der Waals surface area contributed by atoms with E-state index in [-0.39, 0.29) is 0 Å². The number of pyridine rings is 1. The second-order valence-corrected chi connectivity index (χ2v) is 5.36. The minimum atomic E-state index is 0.729. The first-order chi connectivity index (χ1) is 8.33. The maximum Gasteiger partial charge on any atom is 0.156 e. The van der Waals surface area contributed by atoms with Gasteiger partial charge in [-0.15, -0.1) is 0 Å². The SMILES string of the molecule is Brc1cccc2nc(CC3CCNCC3)nn12. The first-order valence-electron chi connectivity index (χ1n) is 6.04. The molecule has 0 spiro atoms. The van der Waals surface area contributed by atoms with Gasteiger partial charge in [0.1, 0.15) is 4.60 Å². The topological polar surface area (TPSA) is 42.2 Å². The Bertz CT molecular complexity index is 516. The molecule has 1 fully saturated rings. The molecule has 0 unspecified atom stereocenters. The molecule has 17 heavy (non-hydrogen) atoms. The molecule has 5 heteroatoms. The fraction of sp³-hybridized carbons (Fsp3) is 0.500. The predicted molar refractivity (Wildman–Crippen MR) is 70.0 cm³/mol. The van der Waals surface area contributed by atoms with E-state index >= 15 is 0 Å². The van der Waals surface area contributed by atoms with Gasteiger partial charge in [-0.25, -0.2) is 9.50 Å². The number of nitrogens with one attached hydrogen (secondary N) is 1. The van der Waals surface area contributed by atoms with Gasteiger partial charge in [0.25, 0.3) is 0 Å². The first-order valence-corrected chi connectivity index (χ1v) is 6.83. The predicted octanol–water partition coefficient (Wildman–Crippen LogP) is 2.03. The standard InChI is InChI=1S/C12H15BrN4/c13-10-2-1-3-12-15-11(16-17(10)12)8-9-4-6-14-7-5-9/h1-3,9,14H,4-8H2. The van der Waals surface area contributed by atoms with Crippen LogP contribution in [0.3, 0.4) is 0 Å². The molecule has 0 bridgehead atoms. The summed E-state index contributed by atoms with van der Waals surface area (Å²) < 4.78 is 2.82. The highest BCUT2D eigenvalue weighted by atomic mass is 79.9. The van der Waals surface area contributed by atoms with Crippen LogP contribution < -0.4 is 5.32 Å². The Morgan fingerprint density at radius 3 is 2.94 bits per heavy atom. The van der Waals surface area contributed by atoms with Crippen LogP contribution in [0.5, 0.6) is 0 Å². The molecule has 1 saturated heterocycles. The zero-order chi connectivity index (χ0) is 11.7. The zero-order valence-corrected chi connectivity index (χ0v) is 11.2. The maximum atomic E-state index is 4.57. The van der Waals surface area contributed by atoms with Crippen molar-refractivity contribution < 1.29 is 0 Å². The van der Waals surface area contributed by atoms with Crippen molar-refractivity contribution in [3.8, 4) is 0 Å². The summed E-state index contributed by atoms with van der Waals surface area (Å²) in [5, 5.41) is 7.93.